The first-order chi connectivity index (χ1) is 8.99. The average Bonchev–Trinajstić information content (AvgIpc) is 2.30. The van der Waals surface area contributed by atoms with Crippen LogP contribution in [0.3, 0.4) is 0 Å². The van der Waals surface area contributed by atoms with Gasteiger partial charge < -0.3 is 11.1 Å². The lowest BCUT2D eigenvalue weighted by molar-refractivity contribution is 1.16. The minimum Gasteiger partial charge on any atom is -0.389 e. The molecule has 0 radical (unpaired) electrons. The lowest BCUT2D eigenvalue weighted by atomic mass is 10.1. The van der Waals surface area contributed by atoms with E-state index in [1.807, 2.05) is 51.1 Å². The van der Waals surface area contributed by atoms with Gasteiger partial charge in [-0.1, -0.05) is 30.4 Å². The number of anilines is 2. The third-order valence-electron chi connectivity index (χ3n) is 2.99. The molecule has 0 fully saturated rings. The number of aryl methyl sites for hydroxylation is 3. The number of nitrogens with one attached hydrogen (secondary N) is 1. The molecule has 1 aromatic heterocycles. The van der Waals surface area contributed by atoms with Crippen molar-refractivity contribution in [1.82, 2.24) is 4.98 Å². The minimum atomic E-state index is 0.362. The van der Waals surface area contributed by atoms with Crippen molar-refractivity contribution in [2.24, 2.45) is 5.73 Å². The second-order valence-electron chi connectivity index (χ2n) is 4.61. The molecule has 98 valence electrons. The molecule has 0 saturated carbocycles. The van der Waals surface area contributed by atoms with Crippen molar-refractivity contribution in [3.63, 3.8) is 0 Å². The number of nitrogens with two attached hydrogens (primary N) is 1. The molecule has 0 unspecified atom stereocenters. The van der Waals surface area contributed by atoms with Gasteiger partial charge in [0.05, 0.1) is 5.56 Å². The Morgan fingerprint density at radius 1 is 1.16 bits per heavy atom. The third kappa shape index (κ3) is 2.90. The maximum Gasteiger partial charge on any atom is 0.141 e. The Hall–Kier alpha value is -1.94. The van der Waals surface area contributed by atoms with Crippen LogP contribution in [0, 0.1) is 20.8 Å². The number of rotatable bonds is 3. The zero-order valence-electron chi connectivity index (χ0n) is 11.3. The van der Waals surface area contributed by atoms with E-state index in [9.17, 15) is 0 Å². The number of aromatic nitrogens is 1. The standard InChI is InChI=1S/C15H17N3S/c1-9-6-4-5-7-12(9)18-15-13(14(16)19)10(2)8-11(3)17-15/h4-8H,1-3H3,(H2,16,19)(H,17,18). The predicted octanol–water partition coefficient (Wildman–Crippen LogP) is 3.38. The van der Waals surface area contributed by atoms with Gasteiger partial charge in [-0.15, -0.1) is 0 Å². The topological polar surface area (TPSA) is 50.9 Å². The SMILES string of the molecule is Cc1cc(C)c(C(N)=S)c(Nc2ccccc2C)n1. The van der Waals surface area contributed by atoms with Crippen LogP contribution in [0.5, 0.6) is 0 Å². The van der Waals surface area contributed by atoms with E-state index in [0.29, 0.717) is 4.99 Å². The molecule has 0 aliphatic carbocycles. The third-order valence-corrected chi connectivity index (χ3v) is 3.19. The van der Waals surface area contributed by atoms with Gasteiger partial charge in [0.2, 0.25) is 0 Å². The van der Waals surface area contributed by atoms with E-state index in [-0.39, 0.29) is 0 Å². The molecule has 1 heterocycles. The van der Waals surface area contributed by atoms with E-state index in [4.69, 9.17) is 18.0 Å². The normalized spacial score (nSPS) is 10.3. The number of hydrogen-bond donors (Lipinski definition) is 2. The number of benzene rings is 1. The van der Waals surface area contributed by atoms with Crippen LogP contribution < -0.4 is 11.1 Å². The van der Waals surface area contributed by atoms with Crippen LogP contribution in [0.1, 0.15) is 22.4 Å². The van der Waals surface area contributed by atoms with E-state index in [2.05, 4.69) is 10.3 Å². The molecule has 0 amide bonds. The summed E-state index contributed by atoms with van der Waals surface area (Å²) in [6.45, 7) is 6.00. The van der Waals surface area contributed by atoms with Crippen molar-refractivity contribution in [2.75, 3.05) is 5.32 Å². The Balaban J connectivity index is 2.51. The van der Waals surface area contributed by atoms with Crippen molar-refractivity contribution >= 4 is 28.7 Å². The van der Waals surface area contributed by atoms with Crippen LogP contribution in [0.25, 0.3) is 0 Å². The molecule has 0 aliphatic heterocycles. The number of hydrogen-bond acceptors (Lipinski definition) is 3. The van der Waals surface area contributed by atoms with Gasteiger partial charge in [-0.3, -0.25) is 0 Å². The van der Waals surface area contributed by atoms with E-state index in [1.54, 1.807) is 0 Å². The van der Waals surface area contributed by atoms with Crippen molar-refractivity contribution < 1.29 is 0 Å². The van der Waals surface area contributed by atoms with Gasteiger partial charge in [0.15, 0.2) is 0 Å². The molecular formula is C15H17N3S. The fraction of sp³-hybridized carbons (Fsp3) is 0.200. The van der Waals surface area contributed by atoms with E-state index in [1.165, 1.54) is 0 Å². The smallest absolute Gasteiger partial charge is 0.141 e. The highest BCUT2D eigenvalue weighted by Gasteiger charge is 2.12. The maximum atomic E-state index is 5.81. The average molecular weight is 271 g/mol. The molecule has 4 heteroatoms. The van der Waals surface area contributed by atoms with Gasteiger partial charge in [-0.05, 0) is 44.0 Å². The number of thiocarbonyl (C=S) groups is 1. The van der Waals surface area contributed by atoms with E-state index < -0.39 is 0 Å². The van der Waals surface area contributed by atoms with Crippen molar-refractivity contribution in [3.05, 3.63) is 52.7 Å². The van der Waals surface area contributed by atoms with Gasteiger partial charge in [0, 0.05) is 11.4 Å². The molecule has 3 N–H and O–H groups in total. The molecule has 1 aromatic carbocycles. The monoisotopic (exact) mass is 271 g/mol. The van der Waals surface area contributed by atoms with Crippen LogP contribution in [-0.4, -0.2) is 9.97 Å². The summed E-state index contributed by atoms with van der Waals surface area (Å²) in [5, 5.41) is 3.33. The quantitative estimate of drug-likeness (QED) is 0.840. The van der Waals surface area contributed by atoms with Gasteiger partial charge in [-0.2, -0.15) is 0 Å². The lowest BCUT2D eigenvalue weighted by Gasteiger charge is -2.15. The Bertz CT molecular complexity index is 635. The van der Waals surface area contributed by atoms with E-state index >= 15 is 0 Å². The summed E-state index contributed by atoms with van der Waals surface area (Å²) in [5.74, 6) is 0.722. The van der Waals surface area contributed by atoms with Crippen molar-refractivity contribution in [3.8, 4) is 0 Å². The van der Waals surface area contributed by atoms with Crippen LogP contribution in [0.4, 0.5) is 11.5 Å². The predicted molar refractivity (Wildman–Crippen MR) is 84.1 cm³/mol. The van der Waals surface area contributed by atoms with Crippen LogP contribution >= 0.6 is 12.2 Å². The highest BCUT2D eigenvalue weighted by molar-refractivity contribution is 7.80. The fourth-order valence-corrected chi connectivity index (χ4v) is 2.34. The van der Waals surface area contributed by atoms with Gasteiger partial charge in [-0.25, -0.2) is 4.98 Å². The molecule has 0 atom stereocenters. The molecule has 0 saturated heterocycles. The first-order valence-corrected chi connectivity index (χ1v) is 6.50. The minimum absolute atomic E-state index is 0.362. The zero-order valence-corrected chi connectivity index (χ0v) is 12.1. The molecule has 2 rings (SSSR count). The Labute approximate surface area is 118 Å². The second kappa shape index (κ2) is 5.36. The van der Waals surface area contributed by atoms with Crippen LogP contribution in [0.15, 0.2) is 30.3 Å². The lowest BCUT2D eigenvalue weighted by Crippen LogP contribution is -2.15. The van der Waals surface area contributed by atoms with Crippen molar-refractivity contribution in [2.45, 2.75) is 20.8 Å². The molecule has 0 bridgehead atoms. The first kappa shape index (κ1) is 13.5. The summed E-state index contributed by atoms with van der Waals surface area (Å²) in [5.41, 5.74) is 10.8. The number of pyridine rings is 1. The second-order valence-corrected chi connectivity index (χ2v) is 5.05. The fourth-order valence-electron chi connectivity index (χ4n) is 2.08. The summed E-state index contributed by atoms with van der Waals surface area (Å²) >= 11 is 5.13. The molecule has 19 heavy (non-hydrogen) atoms. The number of nitrogens with zero attached hydrogens (tertiary/aromatic N) is 1. The van der Waals surface area contributed by atoms with Crippen LogP contribution in [-0.2, 0) is 0 Å². The Morgan fingerprint density at radius 2 is 1.84 bits per heavy atom. The number of para-hydroxylation sites is 1. The summed E-state index contributed by atoms with van der Waals surface area (Å²) in [7, 11) is 0. The Kier molecular flexibility index (Phi) is 3.81. The largest absolute Gasteiger partial charge is 0.389 e. The first-order valence-electron chi connectivity index (χ1n) is 6.09. The molecule has 3 nitrogen and oxygen atoms in total. The summed E-state index contributed by atoms with van der Waals surface area (Å²) < 4.78 is 0. The molecule has 0 aliphatic rings. The van der Waals surface area contributed by atoms with Crippen LogP contribution in [0.2, 0.25) is 0 Å². The molecular weight excluding hydrogens is 254 g/mol. The molecule has 0 spiro atoms. The molecule has 2 aromatic rings. The van der Waals surface area contributed by atoms with Gasteiger partial charge >= 0.3 is 0 Å². The highest BCUT2D eigenvalue weighted by atomic mass is 32.1. The zero-order chi connectivity index (χ0) is 14.0. The summed E-state index contributed by atoms with van der Waals surface area (Å²) in [6.07, 6.45) is 0. The Morgan fingerprint density at radius 3 is 2.47 bits per heavy atom. The summed E-state index contributed by atoms with van der Waals surface area (Å²) in [4.78, 5) is 4.88. The van der Waals surface area contributed by atoms with E-state index in [0.717, 1.165) is 33.9 Å². The highest BCUT2D eigenvalue weighted by Crippen LogP contribution is 2.24. The van der Waals surface area contributed by atoms with Gasteiger partial charge in [0.1, 0.15) is 10.8 Å². The van der Waals surface area contributed by atoms with Gasteiger partial charge in [0.25, 0.3) is 0 Å². The summed E-state index contributed by atoms with van der Waals surface area (Å²) in [6, 6.07) is 10.0. The maximum absolute atomic E-state index is 5.81. The van der Waals surface area contributed by atoms with Crippen molar-refractivity contribution in [1.29, 1.82) is 0 Å².